The third kappa shape index (κ3) is 3.91. The summed E-state index contributed by atoms with van der Waals surface area (Å²) in [5, 5.41) is 8.99. The van der Waals surface area contributed by atoms with Crippen molar-refractivity contribution in [2.24, 2.45) is 0 Å². The number of nitrogens with zero attached hydrogens (tertiary/aromatic N) is 1. The van der Waals surface area contributed by atoms with Crippen LogP contribution in [0.3, 0.4) is 0 Å². The zero-order chi connectivity index (χ0) is 12.9. The Morgan fingerprint density at radius 2 is 2.24 bits per heavy atom. The number of ether oxygens (including phenoxy) is 1. The number of aliphatic carboxylic acids is 1. The lowest BCUT2D eigenvalue weighted by molar-refractivity contribution is -0.142. The summed E-state index contributed by atoms with van der Waals surface area (Å²) in [7, 11) is -2.26. The van der Waals surface area contributed by atoms with E-state index >= 15 is 0 Å². The SMILES string of the molecule is COCCNS(=O)(=O)N1CCCCC1C(=O)O. The highest BCUT2D eigenvalue weighted by molar-refractivity contribution is 7.87. The Morgan fingerprint density at radius 1 is 1.53 bits per heavy atom. The van der Waals surface area contributed by atoms with Gasteiger partial charge in [0.15, 0.2) is 0 Å². The van der Waals surface area contributed by atoms with Crippen LogP contribution in [0.15, 0.2) is 0 Å². The van der Waals surface area contributed by atoms with Crippen molar-refractivity contribution >= 4 is 16.2 Å². The second-order valence-electron chi connectivity index (χ2n) is 3.85. The molecule has 17 heavy (non-hydrogen) atoms. The van der Waals surface area contributed by atoms with Crippen LogP contribution in [0.4, 0.5) is 0 Å². The van der Waals surface area contributed by atoms with Gasteiger partial charge in [0.05, 0.1) is 6.61 Å². The first kappa shape index (κ1) is 14.4. The van der Waals surface area contributed by atoms with Gasteiger partial charge in [-0.25, -0.2) is 0 Å². The van der Waals surface area contributed by atoms with Crippen molar-refractivity contribution in [2.75, 3.05) is 26.8 Å². The van der Waals surface area contributed by atoms with Crippen LogP contribution in [0.25, 0.3) is 0 Å². The molecule has 1 rings (SSSR count). The summed E-state index contributed by atoms with van der Waals surface area (Å²) in [6.45, 7) is 0.645. The molecule has 0 amide bonds. The van der Waals surface area contributed by atoms with E-state index in [-0.39, 0.29) is 19.7 Å². The lowest BCUT2D eigenvalue weighted by Gasteiger charge is -2.31. The molecule has 0 radical (unpaired) electrons. The van der Waals surface area contributed by atoms with Gasteiger partial charge >= 0.3 is 5.97 Å². The normalized spacial score (nSPS) is 22.5. The number of carboxylic acids is 1. The molecule has 2 N–H and O–H groups in total. The number of hydrogen-bond donors (Lipinski definition) is 2. The number of hydrogen-bond acceptors (Lipinski definition) is 4. The molecule has 1 saturated heterocycles. The molecular weight excluding hydrogens is 248 g/mol. The smallest absolute Gasteiger partial charge is 0.322 e. The van der Waals surface area contributed by atoms with Crippen LogP contribution in [0.5, 0.6) is 0 Å². The van der Waals surface area contributed by atoms with Crippen molar-refractivity contribution in [3.05, 3.63) is 0 Å². The topological polar surface area (TPSA) is 95.9 Å². The Balaban J connectivity index is 2.69. The van der Waals surface area contributed by atoms with E-state index in [1.165, 1.54) is 7.11 Å². The van der Waals surface area contributed by atoms with Gasteiger partial charge in [-0.3, -0.25) is 4.79 Å². The molecule has 0 aromatic carbocycles. The summed E-state index contributed by atoms with van der Waals surface area (Å²) in [4.78, 5) is 11.0. The van der Waals surface area contributed by atoms with Crippen LogP contribution in [-0.4, -0.2) is 56.6 Å². The Kier molecular flexibility index (Phi) is 5.31. The molecule has 7 nitrogen and oxygen atoms in total. The van der Waals surface area contributed by atoms with Crippen molar-refractivity contribution in [3.8, 4) is 0 Å². The highest BCUT2D eigenvalue weighted by Gasteiger charge is 2.36. The van der Waals surface area contributed by atoms with Crippen LogP contribution in [0.1, 0.15) is 19.3 Å². The maximum absolute atomic E-state index is 11.9. The highest BCUT2D eigenvalue weighted by atomic mass is 32.2. The first-order valence-electron chi connectivity index (χ1n) is 5.47. The predicted octanol–water partition coefficient (Wildman–Crippen LogP) is -0.594. The molecule has 1 heterocycles. The number of piperidine rings is 1. The molecule has 0 aromatic rings. The van der Waals surface area contributed by atoms with Gasteiger partial charge < -0.3 is 9.84 Å². The minimum atomic E-state index is -3.73. The minimum Gasteiger partial charge on any atom is -0.480 e. The van der Waals surface area contributed by atoms with Crippen LogP contribution in [-0.2, 0) is 19.7 Å². The predicted molar refractivity (Wildman–Crippen MR) is 60.8 cm³/mol. The van der Waals surface area contributed by atoms with Crippen molar-refractivity contribution < 1.29 is 23.1 Å². The monoisotopic (exact) mass is 266 g/mol. The van der Waals surface area contributed by atoms with Crippen molar-refractivity contribution in [3.63, 3.8) is 0 Å². The summed E-state index contributed by atoms with van der Waals surface area (Å²) in [5.41, 5.74) is 0. The maximum atomic E-state index is 11.9. The van der Waals surface area contributed by atoms with E-state index in [0.29, 0.717) is 12.8 Å². The van der Waals surface area contributed by atoms with Crippen LogP contribution in [0, 0.1) is 0 Å². The van der Waals surface area contributed by atoms with Gasteiger partial charge in [-0.05, 0) is 19.3 Å². The molecule has 1 unspecified atom stereocenters. The van der Waals surface area contributed by atoms with Gasteiger partial charge in [-0.15, -0.1) is 0 Å². The van der Waals surface area contributed by atoms with E-state index < -0.39 is 22.2 Å². The second kappa shape index (κ2) is 6.29. The van der Waals surface area contributed by atoms with Crippen LogP contribution >= 0.6 is 0 Å². The lowest BCUT2D eigenvalue weighted by atomic mass is 10.1. The van der Waals surface area contributed by atoms with Crippen molar-refractivity contribution in [1.29, 1.82) is 0 Å². The number of carboxylic acid groups (broad SMARTS) is 1. The first-order chi connectivity index (χ1) is 7.99. The number of carbonyl (C=O) groups is 1. The number of methoxy groups -OCH3 is 1. The van der Waals surface area contributed by atoms with E-state index in [4.69, 9.17) is 9.84 Å². The fourth-order valence-corrected chi connectivity index (χ4v) is 3.20. The molecule has 100 valence electrons. The second-order valence-corrected chi connectivity index (χ2v) is 5.56. The average Bonchev–Trinajstić information content (AvgIpc) is 2.29. The van der Waals surface area contributed by atoms with E-state index in [0.717, 1.165) is 10.7 Å². The van der Waals surface area contributed by atoms with Gasteiger partial charge in [0.2, 0.25) is 0 Å². The highest BCUT2D eigenvalue weighted by Crippen LogP contribution is 2.19. The van der Waals surface area contributed by atoms with Crippen LogP contribution in [0.2, 0.25) is 0 Å². The van der Waals surface area contributed by atoms with E-state index in [1.54, 1.807) is 0 Å². The quantitative estimate of drug-likeness (QED) is 0.626. The third-order valence-corrected chi connectivity index (χ3v) is 4.26. The summed E-state index contributed by atoms with van der Waals surface area (Å²) in [6, 6.07) is -0.955. The molecule has 0 saturated carbocycles. The molecule has 0 aliphatic carbocycles. The minimum absolute atomic E-state index is 0.141. The van der Waals surface area contributed by atoms with Gasteiger partial charge in [0.1, 0.15) is 6.04 Å². The summed E-state index contributed by atoms with van der Waals surface area (Å²) in [6.07, 6.45) is 1.79. The van der Waals surface area contributed by atoms with E-state index in [2.05, 4.69) is 4.72 Å². The molecule has 8 heteroatoms. The first-order valence-corrected chi connectivity index (χ1v) is 6.91. The van der Waals surface area contributed by atoms with Crippen molar-refractivity contribution in [2.45, 2.75) is 25.3 Å². The maximum Gasteiger partial charge on any atom is 0.322 e. The van der Waals surface area contributed by atoms with Gasteiger partial charge in [0.25, 0.3) is 10.2 Å². The number of nitrogens with one attached hydrogen (secondary N) is 1. The molecule has 1 atom stereocenters. The molecule has 0 aromatic heterocycles. The Labute approximate surface area is 101 Å². The molecule has 1 aliphatic heterocycles. The molecule has 0 bridgehead atoms. The Hall–Kier alpha value is -0.700. The number of rotatable bonds is 6. The largest absolute Gasteiger partial charge is 0.480 e. The lowest BCUT2D eigenvalue weighted by Crippen LogP contribution is -2.52. The fourth-order valence-electron chi connectivity index (χ4n) is 1.80. The average molecular weight is 266 g/mol. The van der Waals surface area contributed by atoms with Gasteiger partial charge in [0, 0.05) is 20.2 Å². The van der Waals surface area contributed by atoms with Crippen molar-refractivity contribution in [1.82, 2.24) is 9.03 Å². The van der Waals surface area contributed by atoms with Crippen LogP contribution < -0.4 is 4.72 Å². The Bertz CT molecular complexity index is 356. The van der Waals surface area contributed by atoms with E-state index in [9.17, 15) is 13.2 Å². The zero-order valence-electron chi connectivity index (χ0n) is 9.76. The fraction of sp³-hybridized carbons (Fsp3) is 0.889. The summed E-state index contributed by atoms with van der Waals surface area (Å²) >= 11 is 0. The summed E-state index contributed by atoms with van der Waals surface area (Å²) in [5.74, 6) is -1.10. The molecule has 1 aliphatic rings. The molecular formula is C9H18N2O5S. The zero-order valence-corrected chi connectivity index (χ0v) is 10.6. The Morgan fingerprint density at radius 3 is 2.82 bits per heavy atom. The van der Waals surface area contributed by atoms with Gasteiger partial charge in [-0.1, -0.05) is 0 Å². The summed E-state index contributed by atoms with van der Waals surface area (Å²) < 4.78 is 31.8. The van der Waals surface area contributed by atoms with E-state index in [1.807, 2.05) is 0 Å². The third-order valence-electron chi connectivity index (χ3n) is 2.64. The molecule has 0 spiro atoms. The molecule has 1 fully saturated rings. The van der Waals surface area contributed by atoms with Gasteiger partial charge in [-0.2, -0.15) is 17.4 Å². The standard InChI is InChI=1S/C9H18N2O5S/c1-16-7-5-10-17(14,15)11-6-3-2-4-8(11)9(12)13/h8,10H,2-7H2,1H3,(H,12,13).